The van der Waals surface area contributed by atoms with E-state index in [-0.39, 0.29) is 55.9 Å². The summed E-state index contributed by atoms with van der Waals surface area (Å²) in [5.74, 6) is -3.02. The van der Waals surface area contributed by atoms with Crippen LogP contribution < -0.4 is 10.2 Å². The summed E-state index contributed by atoms with van der Waals surface area (Å²) in [4.78, 5) is 52.5. The first-order valence-electron chi connectivity index (χ1n) is 20.3. The molecule has 4 rings (SSSR count). The quantitative estimate of drug-likeness (QED) is 0.0734. The highest BCUT2D eigenvalue weighted by molar-refractivity contribution is 7.85. The molecule has 1 amide bonds. The molecule has 24 heteroatoms. The standard InChI is InChI=1S/C42H53N3O11S2.2O3S/c1-7-14-34(46)29-24-30(35(47)15-8-2)39-33(26-29)45(21-13-23-58(54,55)56)37(42(39,5)6)17-11-9-10-16-36-41(3,4)31-25-28(40(50)43-27-38(48)49)18-19-32(31)44(36)20-12-22-57(51,52)53;2*1-4(2)3/h9-11,16-19,24-26H,7-8,12-15,20-23,27H2,1-6H3,(H3-,43,48,49,50,51,52,53,54,55,56);;. The molecule has 66 heavy (non-hydrogen) atoms. The maximum atomic E-state index is 13.6. The predicted molar refractivity (Wildman–Crippen MR) is 240 cm³/mol. The second-order valence-electron chi connectivity index (χ2n) is 16.0. The van der Waals surface area contributed by atoms with Crippen molar-refractivity contribution in [3.8, 4) is 0 Å². The summed E-state index contributed by atoms with van der Waals surface area (Å²) in [5.41, 5.74) is 3.89. The lowest BCUT2D eigenvalue weighted by molar-refractivity contribution is -0.437. The van der Waals surface area contributed by atoms with E-state index in [0.717, 1.165) is 22.5 Å². The predicted octanol–water partition coefficient (Wildman–Crippen LogP) is 3.84. The zero-order valence-electron chi connectivity index (χ0n) is 37.1. The van der Waals surface area contributed by atoms with Crippen LogP contribution in [0.15, 0.2) is 66.4 Å². The van der Waals surface area contributed by atoms with E-state index in [4.69, 9.17) is 30.4 Å². The summed E-state index contributed by atoms with van der Waals surface area (Å²) in [6, 6.07) is 8.38. The molecule has 3 N–H and O–H groups in total. The van der Waals surface area contributed by atoms with Gasteiger partial charge in [-0.25, -0.2) is 8.42 Å². The number of hydrogen-bond acceptors (Lipinski definition) is 16. The lowest BCUT2D eigenvalue weighted by atomic mass is 9.79. The van der Waals surface area contributed by atoms with Crippen LogP contribution in [0.4, 0.5) is 11.4 Å². The molecule has 0 fully saturated rings. The van der Waals surface area contributed by atoms with E-state index in [0.29, 0.717) is 35.3 Å². The number of ketones is 2. The van der Waals surface area contributed by atoms with Crippen molar-refractivity contribution >= 4 is 82.0 Å². The number of fused-ring (bicyclic) bond motifs is 2. The molecule has 2 heterocycles. The Morgan fingerprint density at radius 1 is 0.803 bits per heavy atom. The Kier molecular flexibility index (Phi) is 20.8. The summed E-state index contributed by atoms with van der Waals surface area (Å²) in [6.07, 6.45) is 11.0. The molecule has 0 saturated heterocycles. The Labute approximate surface area is 386 Å². The molecule has 2 aliphatic rings. The normalized spacial score (nSPS) is 15.4. The van der Waals surface area contributed by atoms with Crippen LogP contribution in [0.1, 0.15) is 122 Å². The second kappa shape index (κ2) is 24.3. The molecule has 362 valence electrons. The van der Waals surface area contributed by atoms with Gasteiger partial charge in [0.2, 0.25) is 5.69 Å². The Morgan fingerprint density at radius 2 is 1.39 bits per heavy atom. The molecule has 2 aromatic rings. The van der Waals surface area contributed by atoms with Gasteiger partial charge < -0.3 is 19.9 Å². The lowest BCUT2D eigenvalue weighted by Crippen LogP contribution is -2.30. The molecule has 0 bridgehead atoms. The van der Waals surface area contributed by atoms with Crippen LogP contribution in [-0.2, 0) is 57.1 Å². The smallest absolute Gasteiger partial charge is 0.425 e. The molecule has 0 saturated carbocycles. The van der Waals surface area contributed by atoms with Gasteiger partial charge in [0.25, 0.3) is 16.0 Å². The van der Waals surface area contributed by atoms with E-state index in [1.54, 1.807) is 48.6 Å². The van der Waals surface area contributed by atoms with Gasteiger partial charge in [-0.15, -0.1) is 25.3 Å². The number of carboxylic acid groups (broad SMARTS) is 1. The minimum Gasteiger partial charge on any atom is -0.748 e. The number of anilines is 1. The van der Waals surface area contributed by atoms with Crippen molar-refractivity contribution in [1.29, 1.82) is 0 Å². The molecular formula is C42H53N3O17S4. The molecule has 20 nitrogen and oxygen atoms in total. The maximum absolute atomic E-state index is 13.6. The highest BCUT2D eigenvalue weighted by Gasteiger charge is 2.45. The van der Waals surface area contributed by atoms with E-state index in [1.807, 2.05) is 63.2 Å². The number of aliphatic carboxylic acids is 1. The van der Waals surface area contributed by atoms with E-state index in [1.165, 1.54) is 0 Å². The Bertz CT molecular complexity index is 2750. The van der Waals surface area contributed by atoms with Gasteiger partial charge in [0.1, 0.15) is 13.1 Å². The average Bonchev–Trinajstić information content (AvgIpc) is 3.52. The fraction of sp³-hybridized carbons (Fsp3) is 0.452. The van der Waals surface area contributed by atoms with Crippen LogP contribution >= 0.6 is 0 Å². The molecular weight excluding hydrogens is 947 g/mol. The zero-order valence-corrected chi connectivity index (χ0v) is 40.4. The van der Waals surface area contributed by atoms with Crippen molar-refractivity contribution in [1.82, 2.24) is 5.32 Å². The summed E-state index contributed by atoms with van der Waals surface area (Å²) in [5, 5.41) is 11.4. The third kappa shape index (κ3) is 16.4. The number of carboxylic acids is 1. The van der Waals surface area contributed by atoms with E-state index < -0.39 is 82.2 Å². The zero-order chi connectivity index (χ0) is 50.4. The van der Waals surface area contributed by atoms with Crippen LogP contribution in [0.25, 0.3) is 0 Å². The molecule has 0 unspecified atom stereocenters. The van der Waals surface area contributed by atoms with Crippen molar-refractivity contribution in [2.75, 3.05) is 36.0 Å². The summed E-state index contributed by atoms with van der Waals surface area (Å²) in [6.45, 7) is 11.4. The van der Waals surface area contributed by atoms with Crippen molar-refractivity contribution in [3.63, 3.8) is 0 Å². The second-order valence-corrected chi connectivity index (χ2v) is 19.9. The first-order valence-corrected chi connectivity index (χ1v) is 25.5. The third-order valence-electron chi connectivity index (χ3n) is 10.4. The number of Topliss-reactive ketones (excluding diaryl/α,β-unsaturated/α-hetero) is 2. The van der Waals surface area contributed by atoms with Gasteiger partial charge in [0.05, 0.1) is 21.3 Å². The van der Waals surface area contributed by atoms with E-state index in [9.17, 15) is 45.1 Å². The van der Waals surface area contributed by atoms with Crippen LogP contribution in [0, 0.1) is 0 Å². The molecule has 0 aliphatic carbocycles. The molecule has 0 spiro atoms. The van der Waals surface area contributed by atoms with Gasteiger partial charge in [0, 0.05) is 82.8 Å². The average molecular weight is 1000 g/mol. The Balaban J connectivity index is 0.00000172. The van der Waals surface area contributed by atoms with Gasteiger partial charge in [-0.05, 0) is 69.0 Å². The Hall–Kier alpha value is -5.53. The van der Waals surface area contributed by atoms with Crippen molar-refractivity contribution < 1.29 is 80.1 Å². The van der Waals surface area contributed by atoms with E-state index >= 15 is 0 Å². The summed E-state index contributed by atoms with van der Waals surface area (Å²) in [7, 11) is -15.0. The van der Waals surface area contributed by atoms with E-state index in [2.05, 4.69) is 5.32 Å². The molecule has 0 aromatic heterocycles. The largest absolute Gasteiger partial charge is 0.748 e. The monoisotopic (exact) mass is 999 g/mol. The number of nitrogens with zero attached hydrogens (tertiary/aromatic N) is 2. The van der Waals surface area contributed by atoms with Crippen molar-refractivity contribution in [2.45, 2.75) is 90.9 Å². The highest BCUT2D eigenvalue weighted by atomic mass is 32.2. The van der Waals surface area contributed by atoms with Crippen molar-refractivity contribution in [2.24, 2.45) is 0 Å². The van der Waals surface area contributed by atoms with Crippen LogP contribution in [0.5, 0.6) is 0 Å². The van der Waals surface area contributed by atoms with Crippen LogP contribution in [-0.4, -0.2) is 121 Å². The number of carbonyl (C=O) groups is 4. The van der Waals surface area contributed by atoms with Gasteiger partial charge in [0.15, 0.2) is 17.3 Å². The highest BCUT2D eigenvalue weighted by Crippen LogP contribution is 2.50. The first-order chi connectivity index (χ1) is 30.5. The number of amides is 1. The third-order valence-corrected chi connectivity index (χ3v) is 12.0. The number of carbonyl (C=O) groups excluding carboxylic acids is 3. The number of rotatable bonds is 20. The number of nitrogens with one attached hydrogen (secondary N) is 1. The van der Waals surface area contributed by atoms with Crippen molar-refractivity contribution in [3.05, 3.63) is 94.2 Å². The fourth-order valence-electron chi connectivity index (χ4n) is 7.72. The fourth-order valence-corrected chi connectivity index (χ4v) is 8.70. The maximum Gasteiger partial charge on any atom is 0.425 e. The van der Waals surface area contributed by atoms with Gasteiger partial charge >= 0.3 is 27.2 Å². The minimum atomic E-state index is -4.51. The number of allylic oxidation sites excluding steroid dienone is 6. The van der Waals surface area contributed by atoms with Crippen LogP contribution in [0.2, 0.25) is 0 Å². The van der Waals surface area contributed by atoms with Gasteiger partial charge in [-0.2, -0.15) is 13.0 Å². The lowest BCUT2D eigenvalue weighted by Gasteiger charge is -2.27. The molecule has 0 radical (unpaired) electrons. The van der Waals surface area contributed by atoms with Gasteiger partial charge in [-0.1, -0.05) is 45.9 Å². The molecule has 2 aliphatic heterocycles. The van der Waals surface area contributed by atoms with Crippen LogP contribution in [0.3, 0.4) is 0 Å². The topological polar surface area (TPSA) is 321 Å². The Morgan fingerprint density at radius 3 is 1.94 bits per heavy atom. The number of benzene rings is 2. The number of hydrogen-bond donors (Lipinski definition) is 3. The SMILES string of the molecule is CCCC(=O)c1cc(C(=O)CCC)c2c(c1)N(CCCS(=O)(=O)[O-])C(=CC=CC=CC1=[N+](CCCS(=O)(=O)O)c3ccc(C(=O)NCC(=O)O)cc3C1(C)C)C2(C)C.O=S(=O)=O.O=S(=O)=O. The minimum absolute atomic E-state index is 0.0119. The summed E-state index contributed by atoms with van der Waals surface area (Å²) >= 11 is 0. The molecule has 0 atom stereocenters. The first kappa shape index (κ1) is 56.6. The summed E-state index contributed by atoms with van der Waals surface area (Å²) < 4.78 is 120. The molecule has 2 aromatic carbocycles. The van der Waals surface area contributed by atoms with Gasteiger partial charge in [-0.3, -0.25) is 23.7 Å².